The van der Waals surface area contributed by atoms with Gasteiger partial charge in [0.15, 0.2) is 0 Å². The van der Waals surface area contributed by atoms with E-state index < -0.39 is 6.04 Å². The van der Waals surface area contributed by atoms with Gasteiger partial charge in [-0.05, 0) is 29.5 Å². The molecule has 0 spiro atoms. The van der Waals surface area contributed by atoms with Gasteiger partial charge in [-0.15, -0.1) is 0 Å². The molecule has 0 radical (unpaired) electrons. The number of aliphatic hydroxyl groups excluding tert-OH is 1. The van der Waals surface area contributed by atoms with Gasteiger partial charge >= 0.3 is 0 Å². The lowest BCUT2D eigenvalue weighted by Crippen LogP contribution is -2.32. The van der Waals surface area contributed by atoms with E-state index in [1.54, 1.807) is 25.4 Å². The van der Waals surface area contributed by atoms with Gasteiger partial charge in [-0.25, -0.2) is 4.98 Å². The number of nitrogens with zero attached hydrogens (tertiary/aromatic N) is 1. The SMILES string of the molecule is COc1ccc(C(CO)NC(=O)C2CC2c2ccccc2)cn1. The minimum Gasteiger partial charge on any atom is -0.481 e. The highest BCUT2D eigenvalue weighted by Crippen LogP contribution is 2.47. The van der Waals surface area contributed by atoms with Crippen molar-refractivity contribution < 1.29 is 14.6 Å². The first-order valence-electron chi connectivity index (χ1n) is 7.69. The highest BCUT2D eigenvalue weighted by Gasteiger charge is 2.44. The molecule has 5 heteroatoms. The maximum Gasteiger partial charge on any atom is 0.224 e. The average Bonchev–Trinajstić information content (AvgIpc) is 3.41. The molecule has 1 aromatic carbocycles. The zero-order valence-corrected chi connectivity index (χ0v) is 13.0. The molecule has 0 bridgehead atoms. The zero-order valence-electron chi connectivity index (χ0n) is 13.0. The van der Waals surface area contributed by atoms with Crippen molar-refractivity contribution in [1.29, 1.82) is 0 Å². The van der Waals surface area contributed by atoms with Crippen LogP contribution >= 0.6 is 0 Å². The monoisotopic (exact) mass is 312 g/mol. The molecule has 3 unspecified atom stereocenters. The van der Waals surface area contributed by atoms with Gasteiger partial charge in [0.25, 0.3) is 0 Å². The Kier molecular flexibility index (Phi) is 4.57. The minimum absolute atomic E-state index is 0.0161. The van der Waals surface area contributed by atoms with Gasteiger partial charge in [0.05, 0.1) is 19.8 Å². The number of benzene rings is 1. The third-order valence-corrected chi connectivity index (χ3v) is 4.22. The molecule has 0 saturated heterocycles. The third-order valence-electron chi connectivity index (χ3n) is 4.22. The van der Waals surface area contributed by atoms with Crippen LogP contribution in [0.3, 0.4) is 0 Å². The number of ether oxygens (including phenoxy) is 1. The standard InChI is InChI=1S/C18H20N2O3/c1-23-17-8-7-13(10-19-17)16(11-21)20-18(22)15-9-14(15)12-5-3-2-4-6-12/h2-8,10,14-16,21H,9,11H2,1H3,(H,20,22). The number of carbonyl (C=O) groups is 1. The van der Waals surface area contributed by atoms with Crippen molar-refractivity contribution in [2.75, 3.05) is 13.7 Å². The molecule has 23 heavy (non-hydrogen) atoms. The lowest BCUT2D eigenvalue weighted by molar-refractivity contribution is -0.123. The van der Waals surface area contributed by atoms with Gasteiger partial charge < -0.3 is 15.2 Å². The number of aliphatic hydroxyl groups is 1. The molecular weight excluding hydrogens is 292 g/mol. The summed E-state index contributed by atoms with van der Waals surface area (Å²) in [5, 5.41) is 12.5. The fraction of sp³-hybridized carbons (Fsp3) is 0.333. The van der Waals surface area contributed by atoms with Gasteiger partial charge in [-0.2, -0.15) is 0 Å². The van der Waals surface area contributed by atoms with Crippen LogP contribution in [-0.2, 0) is 4.79 Å². The number of nitrogens with one attached hydrogen (secondary N) is 1. The predicted octanol–water partition coefficient (Wildman–Crippen LogP) is 2.04. The maximum atomic E-state index is 12.4. The Morgan fingerprint density at radius 2 is 2.13 bits per heavy atom. The molecule has 1 aliphatic rings. The van der Waals surface area contributed by atoms with Crippen LogP contribution in [0.25, 0.3) is 0 Å². The average molecular weight is 312 g/mol. The first-order chi connectivity index (χ1) is 11.2. The molecular formula is C18H20N2O3. The quantitative estimate of drug-likeness (QED) is 0.856. The first-order valence-corrected chi connectivity index (χ1v) is 7.69. The number of carbonyl (C=O) groups excluding carboxylic acids is 1. The maximum absolute atomic E-state index is 12.4. The Bertz CT molecular complexity index is 658. The van der Waals surface area contributed by atoms with Crippen LogP contribution in [-0.4, -0.2) is 29.7 Å². The summed E-state index contributed by atoms with van der Waals surface area (Å²) in [6.07, 6.45) is 2.47. The van der Waals surface area contributed by atoms with Crippen molar-refractivity contribution in [3.63, 3.8) is 0 Å². The minimum atomic E-state index is -0.446. The van der Waals surface area contributed by atoms with E-state index in [1.165, 1.54) is 5.56 Å². The van der Waals surface area contributed by atoms with Crippen molar-refractivity contribution in [3.8, 4) is 5.88 Å². The Labute approximate surface area is 135 Å². The lowest BCUT2D eigenvalue weighted by Gasteiger charge is -2.16. The molecule has 1 amide bonds. The van der Waals surface area contributed by atoms with E-state index >= 15 is 0 Å². The summed E-state index contributed by atoms with van der Waals surface area (Å²) in [6.45, 7) is -0.164. The molecule has 1 aliphatic carbocycles. The Morgan fingerprint density at radius 1 is 1.35 bits per heavy atom. The Morgan fingerprint density at radius 3 is 2.74 bits per heavy atom. The number of methoxy groups -OCH3 is 1. The van der Waals surface area contributed by atoms with E-state index in [2.05, 4.69) is 22.4 Å². The first kappa shape index (κ1) is 15.5. The highest BCUT2D eigenvalue weighted by atomic mass is 16.5. The predicted molar refractivity (Wildman–Crippen MR) is 86.0 cm³/mol. The van der Waals surface area contributed by atoms with Gasteiger partial charge in [0.2, 0.25) is 11.8 Å². The Balaban J connectivity index is 1.62. The van der Waals surface area contributed by atoms with Crippen molar-refractivity contribution in [2.45, 2.75) is 18.4 Å². The number of hydrogen-bond acceptors (Lipinski definition) is 4. The molecule has 0 aliphatic heterocycles. The molecule has 120 valence electrons. The van der Waals surface area contributed by atoms with Gasteiger partial charge in [-0.3, -0.25) is 4.79 Å². The van der Waals surface area contributed by atoms with Crippen molar-refractivity contribution in [2.24, 2.45) is 5.92 Å². The summed E-state index contributed by atoms with van der Waals surface area (Å²) >= 11 is 0. The molecule has 1 heterocycles. The topological polar surface area (TPSA) is 71.5 Å². The third kappa shape index (κ3) is 3.51. The molecule has 3 rings (SSSR count). The summed E-state index contributed by atoms with van der Waals surface area (Å²) < 4.78 is 5.01. The molecule has 2 N–H and O–H groups in total. The van der Waals surface area contributed by atoms with Gasteiger partial charge in [-0.1, -0.05) is 30.3 Å². The van der Waals surface area contributed by atoms with Gasteiger partial charge in [0.1, 0.15) is 0 Å². The van der Waals surface area contributed by atoms with Crippen LogP contribution in [0.15, 0.2) is 48.7 Å². The lowest BCUT2D eigenvalue weighted by atomic mass is 10.1. The molecule has 1 aromatic heterocycles. The number of aromatic nitrogens is 1. The number of hydrogen-bond donors (Lipinski definition) is 2. The molecule has 2 aromatic rings. The second kappa shape index (κ2) is 6.79. The molecule has 1 saturated carbocycles. The zero-order chi connectivity index (χ0) is 16.2. The summed E-state index contributed by atoms with van der Waals surface area (Å²) in [5.74, 6) is 0.749. The van der Waals surface area contributed by atoms with Crippen LogP contribution in [0.1, 0.15) is 29.5 Å². The normalized spacial score (nSPS) is 20.6. The second-order valence-corrected chi connectivity index (χ2v) is 5.74. The molecule has 1 fully saturated rings. The Hall–Kier alpha value is -2.40. The van der Waals surface area contributed by atoms with Crippen LogP contribution in [0.5, 0.6) is 5.88 Å². The van der Waals surface area contributed by atoms with Crippen molar-refractivity contribution in [3.05, 3.63) is 59.8 Å². The summed E-state index contributed by atoms with van der Waals surface area (Å²) in [7, 11) is 1.55. The largest absolute Gasteiger partial charge is 0.481 e. The number of rotatable bonds is 6. The highest BCUT2D eigenvalue weighted by molar-refractivity contribution is 5.83. The van der Waals surface area contributed by atoms with Crippen LogP contribution in [0.2, 0.25) is 0 Å². The van der Waals surface area contributed by atoms with Gasteiger partial charge in [0, 0.05) is 18.2 Å². The van der Waals surface area contributed by atoms with E-state index in [0.29, 0.717) is 5.88 Å². The fourth-order valence-electron chi connectivity index (χ4n) is 2.79. The summed E-state index contributed by atoms with van der Waals surface area (Å²) in [4.78, 5) is 16.5. The number of pyridine rings is 1. The summed E-state index contributed by atoms with van der Waals surface area (Å²) in [6, 6.07) is 13.1. The van der Waals surface area contributed by atoms with Crippen molar-refractivity contribution >= 4 is 5.91 Å². The fourth-order valence-corrected chi connectivity index (χ4v) is 2.79. The van der Waals surface area contributed by atoms with E-state index in [1.807, 2.05) is 18.2 Å². The molecule has 5 nitrogen and oxygen atoms in total. The van der Waals surface area contributed by atoms with E-state index in [0.717, 1.165) is 12.0 Å². The summed E-state index contributed by atoms with van der Waals surface area (Å²) in [5.41, 5.74) is 1.96. The van der Waals surface area contributed by atoms with E-state index in [-0.39, 0.29) is 24.3 Å². The van der Waals surface area contributed by atoms with Crippen LogP contribution in [0.4, 0.5) is 0 Å². The van der Waals surface area contributed by atoms with Crippen LogP contribution < -0.4 is 10.1 Å². The second-order valence-electron chi connectivity index (χ2n) is 5.74. The van der Waals surface area contributed by atoms with E-state index in [4.69, 9.17) is 4.74 Å². The number of amides is 1. The molecule has 3 atom stereocenters. The van der Waals surface area contributed by atoms with Crippen LogP contribution in [0, 0.1) is 5.92 Å². The smallest absolute Gasteiger partial charge is 0.224 e. The van der Waals surface area contributed by atoms with Crippen molar-refractivity contribution in [1.82, 2.24) is 10.3 Å². The van der Waals surface area contributed by atoms with E-state index in [9.17, 15) is 9.90 Å².